The molecule has 3 aromatic rings. The van der Waals surface area contributed by atoms with Crippen molar-refractivity contribution in [3.8, 4) is 17.0 Å². The van der Waals surface area contributed by atoms with E-state index >= 15 is 0 Å². The van der Waals surface area contributed by atoms with Crippen LogP contribution in [0.15, 0.2) is 42.5 Å². The zero-order valence-corrected chi connectivity index (χ0v) is 19.7. The van der Waals surface area contributed by atoms with E-state index in [1.54, 1.807) is 14.0 Å². The number of ether oxygens (including phenoxy) is 2. The molecule has 0 radical (unpaired) electrons. The van der Waals surface area contributed by atoms with Gasteiger partial charge in [-0.05, 0) is 72.4 Å². The van der Waals surface area contributed by atoms with Crippen LogP contribution in [0.3, 0.4) is 0 Å². The van der Waals surface area contributed by atoms with Gasteiger partial charge in [-0.15, -0.1) is 0 Å². The lowest BCUT2D eigenvalue weighted by molar-refractivity contribution is -0.143. The Labute approximate surface area is 195 Å². The Morgan fingerprint density at radius 3 is 2.30 bits per heavy atom. The number of carbonyl (C=O) groups is 2. The van der Waals surface area contributed by atoms with Gasteiger partial charge in [-0.2, -0.15) is 0 Å². The number of rotatable bonds is 2. The molecule has 1 aliphatic rings. The summed E-state index contributed by atoms with van der Waals surface area (Å²) >= 11 is 0. The van der Waals surface area contributed by atoms with Gasteiger partial charge in [0.2, 0.25) is 5.91 Å². The predicted molar refractivity (Wildman–Crippen MR) is 131 cm³/mol. The molecule has 5 heteroatoms. The maximum atomic E-state index is 12.8. The summed E-state index contributed by atoms with van der Waals surface area (Å²) in [5.41, 5.74) is 5.26. The second-order valence-electron chi connectivity index (χ2n) is 8.85. The Hall–Kier alpha value is -3.08. The van der Waals surface area contributed by atoms with Gasteiger partial charge < -0.3 is 9.47 Å². The molecule has 0 amide bonds. The Balaban J connectivity index is 1.81. The first-order chi connectivity index (χ1) is 16.1. The number of methoxy groups -OCH3 is 1. The van der Waals surface area contributed by atoms with Crippen molar-refractivity contribution in [3.63, 3.8) is 0 Å². The van der Waals surface area contributed by atoms with Crippen LogP contribution >= 0.6 is 0 Å². The zero-order valence-electron chi connectivity index (χ0n) is 19.7. The number of fused-ring (bicyclic) bond motifs is 1. The van der Waals surface area contributed by atoms with Crippen LogP contribution in [-0.4, -0.2) is 30.2 Å². The highest BCUT2D eigenvalue weighted by Gasteiger charge is 2.21. The number of carbonyl (C=O) groups excluding carboxylic acids is 2. The third-order valence-corrected chi connectivity index (χ3v) is 6.53. The zero-order chi connectivity index (χ0) is 23.2. The predicted octanol–water partition coefficient (Wildman–Crippen LogP) is 6.35. The minimum absolute atomic E-state index is 0.00430. The van der Waals surface area contributed by atoms with Crippen molar-refractivity contribution in [2.75, 3.05) is 13.7 Å². The normalized spacial score (nSPS) is 16.0. The number of nitrogens with zero attached hydrogens (tertiary/aromatic N) is 1. The molecule has 174 valence electrons. The summed E-state index contributed by atoms with van der Waals surface area (Å²) in [7, 11) is 1.66. The number of benzene rings is 2. The van der Waals surface area contributed by atoms with E-state index in [2.05, 4.69) is 6.07 Å². The van der Waals surface area contributed by atoms with Crippen LogP contribution in [0.2, 0.25) is 0 Å². The molecule has 33 heavy (non-hydrogen) atoms. The van der Waals surface area contributed by atoms with Crippen LogP contribution in [-0.2, 0) is 22.4 Å². The third kappa shape index (κ3) is 5.29. The number of cyclic esters (lactones) is 1. The minimum atomic E-state index is -0.103. The molecule has 0 fully saturated rings. The van der Waals surface area contributed by atoms with E-state index in [0.29, 0.717) is 19.4 Å². The molecule has 0 atom stereocenters. The van der Waals surface area contributed by atoms with Crippen molar-refractivity contribution >= 4 is 22.8 Å². The van der Waals surface area contributed by atoms with Crippen LogP contribution in [0.1, 0.15) is 67.8 Å². The maximum Gasteiger partial charge on any atom is 0.305 e. The van der Waals surface area contributed by atoms with Crippen LogP contribution in [0.25, 0.3) is 22.2 Å². The number of hydrogen-bond donors (Lipinski definition) is 0. The molecule has 0 aliphatic carbocycles. The standard InChI is InChI=1S/C28H33NO4/c1-20(30)29-26-16-11-21-17-18-33-27(31)10-8-6-4-3-5-7-9-24(25(26)19-21)28(29)22-12-14-23(32-2)15-13-22/h11-16,19H,3-10,17-18H2,1-2H3. The van der Waals surface area contributed by atoms with Crippen LogP contribution in [0.4, 0.5) is 0 Å². The van der Waals surface area contributed by atoms with E-state index in [0.717, 1.165) is 78.4 Å². The average molecular weight is 448 g/mol. The van der Waals surface area contributed by atoms with Gasteiger partial charge in [0, 0.05) is 25.2 Å². The summed E-state index contributed by atoms with van der Waals surface area (Å²) in [5.74, 6) is 0.696. The minimum Gasteiger partial charge on any atom is -0.497 e. The fourth-order valence-electron chi connectivity index (χ4n) is 4.82. The van der Waals surface area contributed by atoms with Gasteiger partial charge in [0.05, 0.1) is 24.9 Å². The molecular formula is C28H33NO4. The van der Waals surface area contributed by atoms with Gasteiger partial charge in [0.15, 0.2) is 0 Å². The van der Waals surface area contributed by atoms with E-state index < -0.39 is 0 Å². The van der Waals surface area contributed by atoms with Gasteiger partial charge >= 0.3 is 5.97 Å². The Morgan fingerprint density at radius 2 is 1.61 bits per heavy atom. The van der Waals surface area contributed by atoms with Crippen molar-refractivity contribution in [1.29, 1.82) is 0 Å². The van der Waals surface area contributed by atoms with E-state index in [1.165, 1.54) is 5.56 Å². The van der Waals surface area contributed by atoms with Crippen LogP contribution in [0, 0.1) is 0 Å². The largest absolute Gasteiger partial charge is 0.497 e. The molecule has 4 rings (SSSR count). The van der Waals surface area contributed by atoms with E-state index in [4.69, 9.17) is 9.47 Å². The molecule has 2 aromatic carbocycles. The van der Waals surface area contributed by atoms with Gasteiger partial charge in [0.1, 0.15) is 5.75 Å². The molecular weight excluding hydrogens is 414 g/mol. The van der Waals surface area contributed by atoms with E-state index in [-0.39, 0.29) is 11.9 Å². The van der Waals surface area contributed by atoms with Crippen LogP contribution in [0.5, 0.6) is 5.75 Å². The molecule has 2 heterocycles. The lowest BCUT2D eigenvalue weighted by Crippen LogP contribution is -2.08. The summed E-state index contributed by atoms with van der Waals surface area (Å²) in [6.45, 7) is 2.01. The average Bonchev–Trinajstić information content (AvgIpc) is 3.14. The number of aromatic nitrogens is 1. The molecule has 0 N–H and O–H groups in total. The first kappa shape index (κ1) is 23.1. The molecule has 0 saturated carbocycles. The second kappa shape index (κ2) is 10.7. The highest BCUT2D eigenvalue weighted by Crippen LogP contribution is 2.36. The first-order valence-corrected chi connectivity index (χ1v) is 12.1. The third-order valence-electron chi connectivity index (χ3n) is 6.53. The summed E-state index contributed by atoms with van der Waals surface area (Å²) in [6.07, 6.45) is 8.58. The van der Waals surface area contributed by atoms with Gasteiger partial charge in [-0.1, -0.05) is 31.7 Å². The van der Waals surface area contributed by atoms with Crippen molar-refractivity contribution in [2.45, 2.75) is 64.7 Å². The smallest absolute Gasteiger partial charge is 0.305 e. The molecule has 1 aromatic heterocycles. The summed E-state index contributed by atoms with van der Waals surface area (Å²) < 4.78 is 12.6. The number of esters is 1. The second-order valence-corrected chi connectivity index (χ2v) is 8.85. The highest BCUT2D eigenvalue weighted by molar-refractivity contribution is 6.01. The Bertz CT molecular complexity index is 1130. The monoisotopic (exact) mass is 447 g/mol. The fraction of sp³-hybridized carbons (Fsp3) is 0.429. The first-order valence-electron chi connectivity index (χ1n) is 12.1. The lowest BCUT2D eigenvalue weighted by Gasteiger charge is -2.11. The molecule has 5 nitrogen and oxygen atoms in total. The molecule has 0 spiro atoms. The molecule has 2 bridgehead atoms. The maximum absolute atomic E-state index is 12.8. The lowest BCUT2D eigenvalue weighted by atomic mass is 9.97. The summed E-state index contributed by atoms with van der Waals surface area (Å²) in [5, 5.41) is 1.12. The van der Waals surface area contributed by atoms with Gasteiger partial charge in [-0.3, -0.25) is 14.2 Å². The van der Waals surface area contributed by atoms with Crippen molar-refractivity contribution in [2.24, 2.45) is 0 Å². The fourth-order valence-corrected chi connectivity index (χ4v) is 4.82. The van der Waals surface area contributed by atoms with Crippen molar-refractivity contribution in [3.05, 3.63) is 53.6 Å². The van der Waals surface area contributed by atoms with Gasteiger partial charge in [0.25, 0.3) is 0 Å². The summed E-state index contributed by atoms with van der Waals surface area (Å²) in [4.78, 5) is 24.8. The van der Waals surface area contributed by atoms with Gasteiger partial charge in [-0.25, -0.2) is 0 Å². The summed E-state index contributed by atoms with van der Waals surface area (Å²) in [6, 6.07) is 14.2. The Kier molecular flexibility index (Phi) is 7.48. The molecule has 1 aliphatic heterocycles. The van der Waals surface area contributed by atoms with E-state index in [1.807, 2.05) is 41.0 Å². The highest BCUT2D eigenvalue weighted by atomic mass is 16.5. The molecule has 0 unspecified atom stereocenters. The number of aryl methyl sites for hydroxylation is 1. The quantitative estimate of drug-likeness (QED) is 0.430. The topological polar surface area (TPSA) is 57.5 Å². The Morgan fingerprint density at radius 1 is 0.909 bits per heavy atom. The van der Waals surface area contributed by atoms with E-state index in [9.17, 15) is 9.59 Å². The van der Waals surface area contributed by atoms with Crippen molar-refractivity contribution in [1.82, 2.24) is 4.57 Å². The number of hydrogen-bond acceptors (Lipinski definition) is 4. The molecule has 0 saturated heterocycles. The SMILES string of the molecule is COc1ccc(-c2c3c4cc(ccc4n2C(C)=O)CCOC(=O)CCCCCCCC3)cc1. The van der Waals surface area contributed by atoms with Crippen LogP contribution < -0.4 is 4.74 Å². The van der Waals surface area contributed by atoms with Crippen molar-refractivity contribution < 1.29 is 19.1 Å².